The van der Waals surface area contributed by atoms with Gasteiger partial charge in [-0.15, -0.1) is 0 Å². The maximum atomic E-state index is 12.6. The van der Waals surface area contributed by atoms with Crippen LogP contribution in [0.15, 0.2) is 39.2 Å². The number of aliphatic hydroxyl groups excluding tert-OH is 2. The lowest BCUT2D eigenvalue weighted by atomic mass is 10.0. The summed E-state index contributed by atoms with van der Waals surface area (Å²) in [6, 6.07) is 0. The third-order valence-corrected chi connectivity index (χ3v) is 9.72. The summed E-state index contributed by atoms with van der Waals surface area (Å²) in [6.45, 7) is 5.55. The third kappa shape index (κ3) is 9.21. The van der Waals surface area contributed by atoms with Gasteiger partial charge in [0.25, 0.3) is 5.56 Å². The number of aliphatic hydroxyl groups is 2. The van der Waals surface area contributed by atoms with Gasteiger partial charge >= 0.3 is 29.2 Å². The highest BCUT2D eigenvalue weighted by Crippen LogP contribution is 2.66. The Morgan fingerprint density at radius 3 is 2.33 bits per heavy atom. The minimum atomic E-state index is -5.86. The first-order valence-electron chi connectivity index (χ1n) is 12.1. The van der Waals surface area contributed by atoms with E-state index in [9.17, 15) is 43.3 Å². The number of nitrogens with one attached hydrogen (secondary N) is 2. The Morgan fingerprint density at radius 1 is 1.05 bits per heavy atom. The first-order valence-corrected chi connectivity index (χ1v) is 16.6. The van der Waals surface area contributed by atoms with E-state index in [1.165, 1.54) is 0 Å². The number of aromatic amines is 2. The van der Waals surface area contributed by atoms with Crippen molar-refractivity contribution in [3.8, 4) is 0 Å². The fourth-order valence-electron chi connectivity index (χ4n) is 4.08. The molecule has 3 unspecified atom stereocenters. The van der Waals surface area contributed by atoms with Crippen LogP contribution in [0.3, 0.4) is 0 Å². The number of hydrogen-bond acceptors (Lipinski definition) is 12. The van der Waals surface area contributed by atoms with Crippen LogP contribution in [0.2, 0.25) is 0 Å². The average Bonchev–Trinajstić information content (AvgIpc) is 3.35. The summed E-state index contributed by atoms with van der Waals surface area (Å²) in [5.41, 5.74) is -0.335. The van der Waals surface area contributed by atoms with Gasteiger partial charge in [0.2, 0.25) is 0 Å². The van der Waals surface area contributed by atoms with Crippen molar-refractivity contribution in [3.63, 3.8) is 0 Å². The van der Waals surface area contributed by atoms with Gasteiger partial charge in [0.15, 0.2) is 11.7 Å². The van der Waals surface area contributed by atoms with Crippen LogP contribution in [0.1, 0.15) is 46.3 Å². The third-order valence-electron chi connectivity index (χ3n) is 5.86. The largest absolute Gasteiger partial charge is 0.490 e. The van der Waals surface area contributed by atoms with Gasteiger partial charge in [-0.05, 0) is 40.0 Å². The molecule has 0 radical (unpaired) electrons. The van der Waals surface area contributed by atoms with Crippen LogP contribution >= 0.6 is 23.5 Å². The molecule has 1 fully saturated rings. The minimum absolute atomic E-state index is 0.180. The zero-order chi connectivity index (χ0) is 31.6. The van der Waals surface area contributed by atoms with Crippen molar-refractivity contribution in [3.05, 3.63) is 50.5 Å². The van der Waals surface area contributed by atoms with Crippen LogP contribution < -0.4 is 11.2 Å². The van der Waals surface area contributed by atoms with Crippen molar-refractivity contribution in [2.24, 2.45) is 0 Å². The van der Waals surface area contributed by atoms with E-state index in [1.807, 2.05) is 24.9 Å². The monoisotopic (exact) mass is 660 g/mol. The van der Waals surface area contributed by atoms with Crippen LogP contribution in [-0.2, 0) is 31.6 Å². The normalized spacial score (nSPS) is 25.2. The maximum Gasteiger partial charge on any atom is 0.490 e. The van der Waals surface area contributed by atoms with Crippen molar-refractivity contribution in [1.82, 2.24) is 19.5 Å². The quantitative estimate of drug-likeness (QED) is 0.109. The van der Waals surface area contributed by atoms with Gasteiger partial charge in [-0.3, -0.25) is 23.9 Å². The molecule has 0 saturated carbocycles. The molecule has 22 heteroatoms. The molecule has 3 rings (SSSR count). The van der Waals surface area contributed by atoms with Crippen molar-refractivity contribution in [2.45, 2.75) is 70.7 Å². The summed E-state index contributed by atoms with van der Waals surface area (Å²) < 4.78 is 54.8. The van der Waals surface area contributed by atoms with E-state index in [0.717, 1.165) is 22.0 Å². The van der Waals surface area contributed by atoms with Crippen LogP contribution in [0, 0.1) is 0 Å². The number of phosphoric acid groups is 3. The highest BCUT2D eigenvalue weighted by atomic mass is 31.3. The SMILES string of the molecule is CC(C)=CCCC(C)=CCC(OP(=O)(O)OP(=O)(O)OP(=O)(O)O)[C@H]1O[C@@H](n2cnc3c(=O)[nH]c(=O)[nH]c32)[C@H](O)[C@@H]1O. The number of nitrogens with zero attached hydrogens (tertiary/aromatic N) is 2. The molecule has 1 aliphatic rings. The minimum Gasteiger partial charge on any atom is -0.387 e. The first kappa shape index (κ1) is 34.4. The molecule has 0 aliphatic carbocycles. The van der Waals surface area contributed by atoms with Crippen LogP contribution in [0.4, 0.5) is 0 Å². The molecule has 42 heavy (non-hydrogen) atoms. The lowest BCUT2D eigenvalue weighted by Crippen LogP contribution is -2.39. The molecule has 2 aromatic heterocycles. The molecule has 236 valence electrons. The smallest absolute Gasteiger partial charge is 0.387 e. The number of H-pyrrole nitrogens is 2. The molecule has 0 amide bonds. The Morgan fingerprint density at radius 2 is 1.71 bits per heavy atom. The number of rotatable bonds is 13. The summed E-state index contributed by atoms with van der Waals surface area (Å²) in [5.74, 6) is 0. The van der Waals surface area contributed by atoms with E-state index >= 15 is 0 Å². The second-order valence-corrected chi connectivity index (χ2v) is 13.9. The van der Waals surface area contributed by atoms with E-state index in [-0.39, 0.29) is 17.6 Å². The molecular weight excluding hydrogens is 629 g/mol. The van der Waals surface area contributed by atoms with Crippen molar-refractivity contribution in [1.29, 1.82) is 0 Å². The van der Waals surface area contributed by atoms with Crippen molar-refractivity contribution >= 4 is 34.6 Å². The summed E-state index contributed by atoms with van der Waals surface area (Å²) in [7, 11) is -17.2. The number of phosphoric ester groups is 1. The van der Waals surface area contributed by atoms with Gasteiger partial charge < -0.3 is 34.5 Å². The van der Waals surface area contributed by atoms with Crippen molar-refractivity contribution in [2.75, 3.05) is 0 Å². The predicted molar refractivity (Wildman–Crippen MR) is 143 cm³/mol. The van der Waals surface area contributed by atoms with Gasteiger partial charge in [0.05, 0.1) is 6.33 Å². The number of ether oxygens (including phenoxy) is 1. The molecule has 0 aromatic carbocycles. The fourth-order valence-corrected chi connectivity index (χ4v) is 7.29. The standard InChI is InChI=1S/C20H31N4O15P3/c1-10(2)5-4-6-11(3)7-8-12(37-41(32,33)39-42(34,35)38-40(29,30)31)16-14(25)15(26)19(36-16)24-9-21-13-17(24)22-20(28)23-18(13)27/h5,7,9,12,14-16,19,25-26H,4,6,8H2,1-3H3,(H,32,33)(H,34,35)(H2,29,30,31)(H2,22,23,27,28)/t12?,14-,15+,16+,19+/m0/s1. The zero-order valence-corrected chi connectivity index (χ0v) is 25.0. The zero-order valence-electron chi connectivity index (χ0n) is 22.3. The second-order valence-electron chi connectivity index (χ2n) is 9.57. The van der Waals surface area contributed by atoms with E-state index in [4.69, 9.17) is 19.0 Å². The summed E-state index contributed by atoms with van der Waals surface area (Å²) in [4.78, 5) is 69.2. The molecular formula is C20H31N4O15P3. The molecule has 0 spiro atoms. The van der Waals surface area contributed by atoms with E-state index in [1.54, 1.807) is 13.0 Å². The Kier molecular flexibility index (Phi) is 10.9. The topological polar surface area (TPSA) is 293 Å². The van der Waals surface area contributed by atoms with Crippen molar-refractivity contribution < 1.29 is 61.4 Å². The van der Waals surface area contributed by atoms with Gasteiger partial charge in [0.1, 0.15) is 30.1 Å². The lowest BCUT2D eigenvalue weighted by Gasteiger charge is -2.27. The number of hydrogen-bond donors (Lipinski definition) is 8. The van der Waals surface area contributed by atoms with Gasteiger partial charge in [-0.2, -0.15) is 8.62 Å². The number of aromatic nitrogens is 4. The molecule has 3 heterocycles. The predicted octanol–water partition coefficient (Wildman–Crippen LogP) is 0.827. The molecule has 1 saturated heterocycles. The van der Waals surface area contributed by atoms with Crippen LogP contribution in [0.25, 0.3) is 11.2 Å². The molecule has 7 atom stereocenters. The highest BCUT2D eigenvalue weighted by molar-refractivity contribution is 7.66. The molecule has 19 nitrogen and oxygen atoms in total. The van der Waals surface area contributed by atoms with Gasteiger partial charge in [-0.25, -0.2) is 23.5 Å². The van der Waals surface area contributed by atoms with Gasteiger partial charge in [-0.1, -0.05) is 23.3 Å². The molecule has 2 aromatic rings. The summed E-state index contributed by atoms with van der Waals surface area (Å²) >= 11 is 0. The van der Waals surface area contributed by atoms with Crippen LogP contribution in [0.5, 0.6) is 0 Å². The molecule has 0 bridgehead atoms. The fraction of sp³-hybridized carbons (Fsp3) is 0.550. The highest BCUT2D eigenvalue weighted by Gasteiger charge is 2.50. The van der Waals surface area contributed by atoms with E-state index < -0.39 is 65.4 Å². The van der Waals surface area contributed by atoms with Gasteiger partial charge in [0, 0.05) is 0 Å². The Labute approximate surface area is 236 Å². The number of fused-ring (bicyclic) bond motifs is 1. The maximum absolute atomic E-state index is 12.6. The first-order chi connectivity index (χ1) is 19.3. The average molecular weight is 660 g/mol. The van der Waals surface area contributed by atoms with E-state index in [2.05, 4.69) is 18.6 Å². The Bertz CT molecular complexity index is 1600. The Hall–Kier alpha value is -2.08. The van der Waals surface area contributed by atoms with Crippen LogP contribution in [-0.4, -0.2) is 73.7 Å². The summed E-state index contributed by atoms with van der Waals surface area (Å²) in [5, 5.41) is 21.6. The molecule has 1 aliphatic heterocycles. The Balaban J connectivity index is 1.93. The lowest BCUT2D eigenvalue weighted by molar-refractivity contribution is -0.0798. The number of allylic oxidation sites excluding steroid dienone is 3. The second kappa shape index (κ2) is 13.3. The van der Waals surface area contributed by atoms with E-state index in [0.29, 0.717) is 12.8 Å². The molecule has 8 N–H and O–H groups in total. The number of imidazole rings is 1. The summed E-state index contributed by atoms with van der Waals surface area (Å²) in [6.07, 6.45) is -3.05.